The highest BCUT2D eigenvalue weighted by Crippen LogP contribution is 1.92. The summed E-state index contributed by atoms with van der Waals surface area (Å²) < 4.78 is 28.4. The summed E-state index contributed by atoms with van der Waals surface area (Å²) >= 11 is -2.86. The van der Waals surface area contributed by atoms with E-state index in [-0.39, 0.29) is 0 Å². The average molecular weight is 211 g/mol. The lowest BCUT2D eigenvalue weighted by atomic mass is 10.5. The van der Waals surface area contributed by atoms with E-state index in [2.05, 4.69) is 11.3 Å². The second-order valence-electron chi connectivity index (χ2n) is 1.72. The molecule has 6 nitrogen and oxygen atoms in total. The average Bonchev–Trinajstić information content (AvgIpc) is 2.03. The smallest absolute Gasteiger partial charge is 0.332 e. The zero-order valence-electron chi connectivity index (χ0n) is 7.00. The van der Waals surface area contributed by atoms with Crippen LogP contribution in [0.25, 0.3) is 0 Å². The van der Waals surface area contributed by atoms with Crippen molar-refractivity contribution in [3.05, 3.63) is 12.7 Å². The minimum Gasteiger partial charge on any atom is -0.750 e. The molecule has 7 heteroatoms. The molecule has 0 aromatic rings. The first kappa shape index (κ1) is 14.7. The van der Waals surface area contributed by atoms with Gasteiger partial charge >= 0.3 is 5.97 Å². The van der Waals surface area contributed by atoms with Crippen molar-refractivity contribution in [1.82, 2.24) is 0 Å². The zero-order valence-corrected chi connectivity index (χ0v) is 7.82. The molecule has 2 atom stereocenters. The lowest BCUT2D eigenvalue weighted by molar-refractivity contribution is -0.161. The van der Waals surface area contributed by atoms with Crippen molar-refractivity contribution in [3.8, 4) is 0 Å². The molecule has 0 aliphatic rings. The fraction of sp³-hybridized carbons (Fsp3) is 0.500. The number of aliphatic hydroxyl groups excluding tert-OH is 1. The summed E-state index contributed by atoms with van der Waals surface area (Å²) in [6.45, 7) is 4.87. The summed E-state index contributed by atoms with van der Waals surface area (Å²) in [6.07, 6.45) is 0.425. The van der Waals surface area contributed by atoms with Crippen LogP contribution in [-0.2, 0) is 20.9 Å². The summed E-state index contributed by atoms with van der Waals surface area (Å²) in [4.78, 5) is 10.3. The molecule has 13 heavy (non-hydrogen) atoms. The molecular weight excluding hydrogens is 200 g/mol. The van der Waals surface area contributed by atoms with Gasteiger partial charge in [0.2, 0.25) is 6.29 Å². The highest BCUT2D eigenvalue weighted by Gasteiger charge is 2.02. The molecule has 0 saturated carbocycles. The van der Waals surface area contributed by atoms with Gasteiger partial charge in [0.15, 0.2) is 0 Å². The van der Waals surface area contributed by atoms with E-state index in [4.69, 9.17) is 18.4 Å². The third-order valence-corrected chi connectivity index (χ3v) is 0.768. The number of rotatable bonds is 3. The van der Waals surface area contributed by atoms with Gasteiger partial charge in [0.05, 0.1) is 11.4 Å². The zero-order chi connectivity index (χ0) is 10.9. The Balaban J connectivity index is 0. The van der Waals surface area contributed by atoms with Crippen LogP contribution in [0.5, 0.6) is 0 Å². The second-order valence-corrected chi connectivity index (χ2v) is 2.16. The number of carbonyl (C=O) groups is 1. The Kier molecular flexibility index (Phi) is 10.6. The summed E-state index contributed by atoms with van der Waals surface area (Å²) in [5.74, 6) is -0.593. The number of aliphatic hydroxyl groups is 1. The minimum absolute atomic E-state index is 0.402. The second kappa shape index (κ2) is 9.33. The Morgan fingerprint density at radius 1 is 1.85 bits per heavy atom. The van der Waals surface area contributed by atoms with Crippen molar-refractivity contribution in [1.29, 1.82) is 0 Å². The van der Waals surface area contributed by atoms with Crippen LogP contribution in [0.3, 0.4) is 0 Å². The van der Waals surface area contributed by atoms with Crippen LogP contribution in [0.2, 0.25) is 0 Å². The van der Waals surface area contributed by atoms with Gasteiger partial charge in [-0.2, -0.15) is 0 Å². The van der Waals surface area contributed by atoms with E-state index >= 15 is 0 Å². The molecule has 0 spiro atoms. The Hall–Kier alpha value is -0.760. The van der Waals surface area contributed by atoms with Crippen LogP contribution in [0.4, 0.5) is 0 Å². The van der Waals surface area contributed by atoms with Crippen molar-refractivity contribution in [3.63, 3.8) is 0 Å². The Labute approximate surface area is 78.3 Å². The number of carbonyl (C=O) groups excluding carboxylic acids is 1. The van der Waals surface area contributed by atoms with Crippen molar-refractivity contribution >= 4 is 17.3 Å². The largest absolute Gasteiger partial charge is 0.750 e. The van der Waals surface area contributed by atoms with Crippen molar-refractivity contribution in [2.24, 2.45) is 0 Å². The van der Waals surface area contributed by atoms with Crippen LogP contribution in [0, 0.1) is 0 Å². The molecule has 0 bridgehead atoms. The summed E-state index contributed by atoms with van der Waals surface area (Å²) in [7, 11) is 0. The standard InChI is InChI=1S/C6H10O3.H2O3S/c1-3-5(7)9-6(8)4-2;1-4(2)3/h3,6,8H,1,4H2,2H3;(H2,1,2,3)/p-1. The van der Waals surface area contributed by atoms with Gasteiger partial charge in [0.25, 0.3) is 0 Å². The number of ether oxygens (including phenoxy) is 1. The maximum absolute atomic E-state index is 10.3. The van der Waals surface area contributed by atoms with Gasteiger partial charge in [0, 0.05) is 12.5 Å². The molecule has 0 rings (SSSR count). The van der Waals surface area contributed by atoms with Crippen molar-refractivity contribution in [2.45, 2.75) is 19.6 Å². The van der Waals surface area contributed by atoms with Gasteiger partial charge in [-0.15, -0.1) is 0 Å². The first-order chi connectivity index (χ1) is 5.93. The first-order valence-corrected chi connectivity index (χ1v) is 4.26. The molecule has 2 unspecified atom stereocenters. The van der Waals surface area contributed by atoms with E-state index in [0.29, 0.717) is 6.42 Å². The number of hydrogen-bond acceptors (Lipinski definition) is 5. The summed E-state index contributed by atoms with van der Waals surface area (Å²) in [5.41, 5.74) is 0. The van der Waals surface area contributed by atoms with E-state index in [9.17, 15) is 4.79 Å². The summed E-state index contributed by atoms with van der Waals surface area (Å²) in [6, 6.07) is 0. The molecule has 0 aromatic carbocycles. The molecule has 0 aliphatic carbocycles. The van der Waals surface area contributed by atoms with Crippen molar-refractivity contribution < 1.29 is 28.0 Å². The monoisotopic (exact) mass is 211 g/mol. The molecule has 0 amide bonds. The van der Waals surface area contributed by atoms with Gasteiger partial charge in [-0.3, -0.25) is 0 Å². The minimum atomic E-state index is -2.86. The Bertz CT molecular complexity index is 176. The molecule has 0 radical (unpaired) electrons. The highest BCUT2D eigenvalue weighted by molar-refractivity contribution is 7.73. The molecule has 0 aliphatic heterocycles. The van der Waals surface area contributed by atoms with E-state index in [1.54, 1.807) is 6.92 Å². The van der Waals surface area contributed by atoms with Crippen LogP contribution >= 0.6 is 0 Å². The number of esters is 1. The van der Waals surface area contributed by atoms with Crippen LogP contribution in [-0.4, -0.2) is 30.7 Å². The fourth-order valence-electron chi connectivity index (χ4n) is 0.266. The lowest BCUT2D eigenvalue weighted by Gasteiger charge is -2.05. The highest BCUT2D eigenvalue weighted by atomic mass is 32.2. The van der Waals surface area contributed by atoms with E-state index in [0.717, 1.165) is 6.08 Å². The topological polar surface area (TPSA) is 107 Å². The lowest BCUT2D eigenvalue weighted by Crippen LogP contribution is -2.14. The van der Waals surface area contributed by atoms with Crippen LogP contribution in [0.1, 0.15) is 13.3 Å². The molecule has 0 fully saturated rings. The Morgan fingerprint density at radius 2 is 2.23 bits per heavy atom. The summed E-state index contributed by atoms with van der Waals surface area (Å²) in [5, 5.41) is 8.67. The van der Waals surface area contributed by atoms with Gasteiger partial charge in [-0.1, -0.05) is 13.5 Å². The molecular formula is C6H11O6S-. The quantitative estimate of drug-likeness (QED) is 0.289. The van der Waals surface area contributed by atoms with Crippen LogP contribution in [0.15, 0.2) is 12.7 Å². The number of hydrogen-bond donors (Lipinski definition) is 2. The predicted molar refractivity (Wildman–Crippen MR) is 44.1 cm³/mol. The fourth-order valence-corrected chi connectivity index (χ4v) is 0.266. The Morgan fingerprint density at radius 3 is 2.46 bits per heavy atom. The van der Waals surface area contributed by atoms with Gasteiger partial charge in [-0.05, 0) is 0 Å². The van der Waals surface area contributed by atoms with E-state index < -0.39 is 23.6 Å². The third kappa shape index (κ3) is 18.3. The van der Waals surface area contributed by atoms with Crippen molar-refractivity contribution in [2.75, 3.05) is 0 Å². The maximum atomic E-state index is 10.3. The maximum Gasteiger partial charge on any atom is 0.332 e. The molecule has 2 N–H and O–H groups in total. The van der Waals surface area contributed by atoms with E-state index in [1.165, 1.54) is 0 Å². The predicted octanol–water partition coefficient (Wildman–Crippen LogP) is -0.218. The molecule has 0 aromatic heterocycles. The SMILES string of the molecule is C=CC(=O)OC(O)CC.O=S([O-])O. The third-order valence-electron chi connectivity index (χ3n) is 0.768. The van der Waals surface area contributed by atoms with Gasteiger partial charge < -0.3 is 18.9 Å². The first-order valence-electron chi connectivity index (χ1n) is 3.23. The molecule has 0 saturated heterocycles. The van der Waals surface area contributed by atoms with Crippen LogP contribution < -0.4 is 0 Å². The normalized spacial score (nSPS) is 13.2. The molecule has 78 valence electrons. The van der Waals surface area contributed by atoms with E-state index in [1.807, 2.05) is 0 Å². The van der Waals surface area contributed by atoms with Gasteiger partial charge in [0.1, 0.15) is 0 Å². The van der Waals surface area contributed by atoms with Gasteiger partial charge in [-0.25, -0.2) is 9.00 Å². The molecule has 0 heterocycles.